The maximum absolute atomic E-state index is 12.1. The standard InChI is InChI=1S/C13H16F3NO2S/c1-9-7-11(19-13(14,15)16)6-5-10(9)8-17-20(18)12(2,3)4/h5-8H,1-4H3/t20-/m1/s1. The average molecular weight is 307 g/mol. The summed E-state index contributed by atoms with van der Waals surface area (Å²) in [5, 5.41) is 0. The zero-order valence-electron chi connectivity index (χ0n) is 11.6. The number of alkyl halides is 3. The second kappa shape index (κ2) is 5.95. The van der Waals surface area contributed by atoms with Gasteiger partial charge < -0.3 is 4.74 Å². The summed E-state index contributed by atoms with van der Waals surface area (Å²) in [5.74, 6) is -0.288. The topological polar surface area (TPSA) is 38.7 Å². The van der Waals surface area contributed by atoms with Gasteiger partial charge in [-0.15, -0.1) is 13.2 Å². The van der Waals surface area contributed by atoms with Crippen molar-refractivity contribution >= 4 is 17.2 Å². The number of rotatable bonds is 3. The second-order valence-electron chi connectivity index (χ2n) is 5.16. The van der Waals surface area contributed by atoms with E-state index in [0.29, 0.717) is 11.1 Å². The highest BCUT2D eigenvalue weighted by atomic mass is 32.2. The first-order valence-corrected chi connectivity index (χ1v) is 6.92. The van der Waals surface area contributed by atoms with Crippen LogP contribution in [0.2, 0.25) is 0 Å². The lowest BCUT2D eigenvalue weighted by atomic mass is 10.1. The number of hydrogen-bond donors (Lipinski definition) is 0. The van der Waals surface area contributed by atoms with Gasteiger partial charge in [0.2, 0.25) is 0 Å². The molecule has 0 saturated carbocycles. The Morgan fingerprint density at radius 1 is 1.25 bits per heavy atom. The van der Waals surface area contributed by atoms with Crippen LogP contribution >= 0.6 is 0 Å². The van der Waals surface area contributed by atoms with Crippen LogP contribution < -0.4 is 4.74 Å². The van der Waals surface area contributed by atoms with E-state index in [1.165, 1.54) is 24.4 Å². The van der Waals surface area contributed by atoms with Gasteiger partial charge in [0.25, 0.3) is 0 Å². The zero-order chi connectivity index (χ0) is 15.6. The first-order valence-electron chi connectivity index (χ1n) is 5.81. The number of nitrogens with zero attached hydrogens (tertiary/aromatic N) is 1. The van der Waals surface area contributed by atoms with E-state index in [0.717, 1.165) is 0 Å². The smallest absolute Gasteiger partial charge is 0.406 e. The molecule has 0 aliphatic heterocycles. The summed E-state index contributed by atoms with van der Waals surface area (Å²) in [4.78, 5) is 0. The third-order valence-electron chi connectivity index (χ3n) is 2.29. The molecule has 1 aromatic rings. The second-order valence-corrected chi connectivity index (χ2v) is 7.10. The lowest BCUT2D eigenvalue weighted by Gasteiger charge is -2.13. The van der Waals surface area contributed by atoms with Gasteiger partial charge in [-0.05, 0) is 57.0 Å². The van der Waals surface area contributed by atoms with Gasteiger partial charge >= 0.3 is 6.36 Å². The normalized spacial score (nSPS) is 14.6. The van der Waals surface area contributed by atoms with Gasteiger partial charge in [0.05, 0.1) is 4.75 Å². The minimum atomic E-state index is -4.71. The molecular formula is C13H16F3NO2S. The van der Waals surface area contributed by atoms with Crippen molar-refractivity contribution in [1.82, 2.24) is 0 Å². The Kier molecular flexibility index (Phi) is 4.96. The molecule has 0 aliphatic carbocycles. The van der Waals surface area contributed by atoms with Crippen molar-refractivity contribution in [2.45, 2.75) is 38.8 Å². The third-order valence-corrected chi connectivity index (χ3v) is 3.63. The van der Waals surface area contributed by atoms with Crippen molar-refractivity contribution in [1.29, 1.82) is 0 Å². The molecule has 1 atom stereocenters. The quantitative estimate of drug-likeness (QED) is 0.797. The van der Waals surface area contributed by atoms with Crippen LogP contribution in [0, 0.1) is 6.92 Å². The molecule has 0 spiro atoms. The zero-order valence-corrected chi connectivity index (χ0v) is 12.4. The van der Waals surface area contributed by atoms with Gasteiger partial charge in [0.1, 0.15) is 16.7 Å². The molecular weight excluding hydrogens is 291 g/mol. The number of hydrogen-bond acceptors (Lipinski definition) is 2. The van der Waals surface area contributed by atoms with Crippen molar-refractivity contribution in [2.75, 3.05) is 0 Å². The number of aryl methyl sites for hydroxylation is 1. The highest BCUT2D eigenvalue weighted by Crippen LogP contribution is 2.24. The molecule has 0 bridgehead atoms. The molecule has 0 heterocycles. The van der Waals surface area contributed by atoms with Crippen molar-refractivity contribution in [3.8, 4) is 5.75 Å². The molecule has 7 heteroatoms. The maximum atomic E-state index is 12.1. The molecule has 0 amide bonds. The molecule has 1 rings (SSSR count). The van der Waals surface area contributed by atoms with Crippen LogP contribution in [-0.4, -0.2) is 21.5 Å². The molecule has 1 aromatic carbocycles. The van der Waals surface area contributed by atoms with E-state index in [4.69, 9.17) is 0 Å². The van der Waals surface area contributed by atoms with Gasteiger partial charge in [0, 0.05) is 6.21 Å². The van der Waals surface area contributed by atoms with Crippen LogP contribution in [0.1, 0.15) is 31.9 Å². The van der Waals surface area contributed by atoms with Crippen molar-refractivity contribution in [2.24, 2.45) is 4.40 Å². The predicted octanol–water partition coefficient (Wildman–Crippen LogP) is 3.77. The summed E-state index contributed by atoms with van der Waals surface area (Å²) in [6.45, 7) is 6.99. The monoisotopic (exact) mass is 307 g/mol. The highest BCUT2D eigenvalue weighted by molar-refractivity contribution is 7.85. The Labute approximate surface area is 118 Å². The minimum Gasteiger partial charge on any atom is -0.406 e. The highest BCUT2D eigenvalue weighted by Gasteiger charge is 2.31. The molecule has 0 unspecified atom stereocenters. The SMILES string of the molecule is Cc1cc(OC(F)(F)F)ccc1C=N[S@](=O)C(C)(C)C. The van der Waals surface area contributed by atoms with Gasteiger partial charge in [-0.2, -0.15) is 4.40 Å². The van der Waals surface area contributed by atoms with Crippen molar-refractivity contribution < 1.29 is 22.1 Å². The number of benzene rings is 1. The van der Waals surface area contributed by atoms with Crippen LogP contribution in [0.25, 0.3) is 0 Å². The van der Waals surface area contributed by atoms with E-state index < -0.39 is 22.1 Å². The van der Waals surface area contributed by atoms with E-state index in [1.807, 2.05) is 0 Å². The molecule has 0 N–H and O–H groups in total. The average Bonchev–Trinajstić information content (AvgIpc) is 2.23. The predicted molar refractivity (Wildman–Crippen MR) is 73.4 cm³/mol. The summed E-state index contributed by atoms with van der Waals surface area (Å²) < 4.78 is 55.2. The number of halogens is 3. The minimum absolute atomic E-state index is 0.288. The fourth-order valence-electron chi connectivity index (χ4n) is 1.25. The van der Waals surface area contributed by atoms with Crippen molar-refractivity contribution in [3.05, 3.63) is 29.3 Å². The van der Waals surface area contributed by atoms with E-state index in [2.05, 4.69) is 9.13 Å². The van der Waals surface area contributed by atoms with Gasteiger partial charge in [-0.3, -0.25) is 0 Å². The Bertz CT molecular complexity index is 533. The summed E-state index contributed by atoms with van der Waals surface area (Å²) in [7, 11) is -1.41. The summed E-state index contributed by atoms with van der Waals surface area (Å²) in [5.41, 5.74) is 1.15. The molecule has 0 aromatic heterocycles. The Hall–Kier alpha value is -1.37. The van der Waals surface area contributed by atoms with Crippen molar-refractivity contribution in [3.63, 3.8) is 0 Å². The van der Waals surface area contributed by atoms with Crippen LogP contribution in [0.5, 0.6) is 5.75 Å². The van der Waals surface area contributed by atoms with Crippen LogP contribution in [0.4, 0.5) is 13.2 Å². The lowest BCUT2D eigenvalue weighted by Crippen LogP contribution is -2.19. The van der Waals surface area contributed by atoms with Crippen LogP contribution in [0.15, 0.2) is 22.6 Å². The lowest BCUT2D eigenvalue weighted by molar-refractivity contribution is -0.274. The maximum Gasteiger partial charge on any atom is 0.573 e. The first kappa shape index (κ1) is 16.7. The summed E-state index contributed by atoms with van der Waals surface area (Å²) >= 11 is 0. The number of ether oxygens (including phenoxy) is 1. The summed E-state index contributed by atoms with van der Waals surface area (Å²) in [6, 6.07) is 3.90. The van der Waals surface area contributed by atoms with Crippen LogP contribution in [-0.2, 0) is 11.0 Å². The Morgan fingerprint density at radius 3 is 2.30 bits per heavy atom. The fourth-order valence-corrected chi connectivity index (χ4v) is 1.78. The molecule has 0 aliphatic rings. The molecule has 0 radical (unpaired) electrons. The van der Waals surface area contributed by atoms with Crippen LogP contribution in [0.3, 0.4) is 0 Å². The van der Waals surface area contributed by atoms with Gasteiger partial charge in [0.15, 0.2) is 0 Å². The van der Waals surface area contributed by atoms with E-state index in [9.17, 15) is 17.4 Å². The fraction of sp³-hybridized carbons (Fsp3) is 0.462. The Morgan fingerprint density at radius 2 is 1.85 bits per heavy atom. The molecule has 0 fully saturated rings. The van der Waals surface area contributed by atoms with Gasteiger partial charge in [-0.1, -0.05) is 0 Å². The molecule has 3 nitrogen and oxygen atoms in total. The molecule has 112 valence electrons. The largest absolute Gasteiger partial charge is 0.573 e. The third kappa shape index (κ3) is 5.32. The molecule has 0 saturated heterocycles. The Balaban J connectivity index is 2.89. The van der Waals surface area contributed by atoms with E-state index in [1.54, 1.807) is 27.7 Å². The van der Waals surface area contributed by atoms with E-state index in [-0.39, 0.29) is 5.75 Å². The molecule has 20 heavy (non-hydrogen) atoms. The van der Waals surface area contributed by atoms with Gasteiger partial charge in [-0.25, -0.2) is 4.21 Å². The van der Waals surface area contributed by atoms with E-state index >= 15 is 0 Å². The first-order chi connectivity index (χ1) is 8.99. The summed E-state index contributed by atoms with van der Waals surface area (Å²) in [6.07, 6.45) is -3.32.